The molecule has 0 amide bonds. The van der Waals surface area contributed by atoms with Gasteiger partial charge in [0.05, 0.1) is 18.5 Å². The summed E-state index contributed by atoms with van der Waals surface area (Å²) in [5.74, 6) is 0. The zero-order valence-corrected chi connectivity index (χ0v) is 6.87. The highest BCUT2D eigenvalue weighted by Crippen LogP contribution is 2.01. The van der Waals surface area contributed by atoms with Gasteiger partial charge in [-0.2, -0.15) is 5.10 Å². The molecule has 0 saturated carbocycles. The highest BCUT2D eigenvalue weighted by atomic mass is 16.5. The fraction of sp³-hybridized carbons (Fsp3) is 0.571. The molecule has 62 valence electrons. The molecular weight excluding hydrogens is 142 g/mol. The van der Waals surface area contributed by atoms with Crippen LogP contribution in [0.5, 0.6) is 0 Å². The SMILES string of the molecule is COCCNc1cnn(C)c1. The van der Waals surface area contributed by atoms with Gasteiger partial charge >= 0.3 is 0 Å². The smallest absolute Gasteiger partial charge is 0.0727 e. The first kappa shape index (κ1) is 8.07. The van der Waals surface area contributed by atoms with E-state index >= 15 is 0 Å². The number of hydrogen-bond acceptors (Lipinski definition) is 3. The van der Waals surface area contributed by atoms with E-state index in [-0.39, 0.29) is 0 Å². The van der Waals surface area contributed by atoms with Crippen LogP contribution in [-0.2, 0) is 11.8 Å². The molecule has 1 N–H and O–H groups in total. The third-order valence-electron chi connectivity index (χ3n) is 1.34. The summed E-state index contributed by atoms with van der Waals surface area (Å²) < 4.78 is 6.64. The Morgan fingerprint density at radius 3 is 3.09 bits per heavy atom. The maximum absolute atomic E-state index is 4.88. The molecule has 0 spiro atoms. The lowest BCUT2D eigenvalue weighted by molar-refractivity contribution is 0.211. The third-order valence-corrected chi connectivity index (χ3v) is 1.34. The maximum Gasteiger partial charge on any atom is 0.0727 e. The van der Waals surface area contributed by atoms with Crippen molar-refractivity contribution in [1.82, 2.24) is 9.78 Å². The van der Waals surface area contributed by atoms with E-state index in [0.29, 0.717) is 0 Å². The van der Waals surface area contributed by atoms with Gasteiger partial charge in [-0.3, -0.25) is 4.68 Å². The third kappa shape index (κ3) is 2.59. The number of aryl methyl sites for hydroxylation is 1. The summed E-state index contributed by atoms with van der Waals surface area (Å²) in [6, 6.07) is 0. The van der Waals surface area contributed by atoms with Crippen molar-refractivity contribution in [3.8, 4) is 0 Å². The standard InChI is InChI=1S/C7H13N3O/c1-10-6-7(5-9-10)8-3-4-11-2/h5-6,8H,3-4H2,1-2H3. The van der Waals surface area contributed by atoms with Crippen LogP contribution in [-0.4, -0.2) is 30.0 Å². The first-order chi connectivity index (χ1) is 5.33. The molecule has 1 heterocycles. The van der Waals surface area contributed by atoms with Crippen LogP contribution in [0.4, 0.5) is 5.69 Å². The second-order valence-corrected chi connectivity index (χ2v) is 2.32. The van der Waals surface area contributed by atoms with Crippen LogP contribution in [0.25, 0.3) is 0 Å². The van der Waals surface area contributed by atoms with E-state index in [2.05, 4.69) is 10.4 Å². The molecule has 0 bridgehead atoms. The first-order valence-electron chi connectivity index (χ1n) is 3.54. The molecule has 1 aromatic rings. The Labute approximate surface area is 66.2 Å². The van der Waals surface area contributed by atoms with Crippen molar-refractivity contribution in [2.24, 2.45) is 7.05 Å². The van der Waals surface area contributed by atoms with Crippen molar-refractivity contribution in [2.45, 2.75) is 0 Å². The van der Waals surface area contributed by atoms with E-state index in [4.69, 9.17) is 4.74 Å². The minimum atomic E-state index is 0.717. The van der Waals surface area contributed by atoms with Gasteiger partial charge in [0.1, 0.15) is 0 Å². The number of ether oxygens (including phenoxy) is 1. The van der Waals surface area contributed by atoms with Gasteiger partial charge in [-0.1, -0.05) is 0 Å². The zero-order chi connectivity index (χ0) is 8.10. The Balaban J connectivity index is 2.27. The predicted molar refractivity (Wildman–Crippen MR) is 43.6 cm³/mol. The van der Waals surface area contributed by atoms with Crippen molar-refractivity contribution < 1.29 is 4.74 Å². The zero-order valence-electron chi connectivity index (χ0n) is 6.87. The van der Waals surface area contributed by atoms with Gasteiger partial charge in [-0.25, -0.2) is 0 Å². The van der Waals surface area contributed by atoms with Crippen LogP contribution in [0.1, 0.15) is 0 Å². The predicted octanol–water partition coefficient (Wildman–Crippen LogP) is 0.478. The van der Waals surface area contributed by atoms with E-state index in [1.807, 2.05) is 13.2 Å². The average molecular weight is 155 g/mol. The molecule has 11 heavy (non-hydrogen) atoms. The van der Waals surface area contributed by atoms with Crippen molar-refractivity contribution in [1.29, 1.82) is 0 Å². The Bertz CT molecular complexity index is 209. The summed E-state index contributed by atoms with van der Waals surface area (Å²) in [7, 11) is 3.58. The summed E-state index contributed by atoms with van der Waals surface area (Å²) in [5.41, 5.74) is 1.03. The van der Waals surface area contributed by atoms with E-state index in [1.54, 1.807) is 18.0 Å². The molecule has 0 aromatic carbocycles. The molecule has 0 unspecified atom stereocenters. The number of nitrogens with zero attached hydrogens (tertiary/aromatic N) is 2. The number of methoxy groups -OCH3 is 1. The number of rotatable bonds is 4. The molecular formula is C7H13N3O. The van der Waals surface area contributed by atoms with Crippen LogP contribution in [0.2, 0.25) is 0 Å². The van der Waals surface area contributed by atoms with E-state index < -0.39 is 0 Å². The lowest BCUT2D eigenvalue weighted by Crippen LogP contribution is -2.06. The lowest BCUT2D eigenvalue weighted by Gasteiger charge is -2.00. The van der Waals surface area contributed by atoms with Gasteiger partial charge in [0.25, 0.3) is 0 Å². The van der Waals surface area contributed by atoms with Crippen molar-refractivity contribution >= 4 is 5.69 Å². The number of anilines is 1. The van der Waals surface area contributed by atoms with E-state index in [1.165, 1.54) is 0 Å². The monoisotopic (exact) mass is 155 g/mol. The Morgan fingerprint density at radius 1 is 1.73 bits per heavy atom. The molecule has 0 aliphatic carbocycles. The quantitative estimate of drug-likeness (QED) is 0.643. The Morgan fingerprint density at radius 2 is 2.55 bits per heavy atom. The highest BCUT2D eigenvalue weighted by Gasteiger charge is 1.92. The average Bonchev–Trinajstić information content (AvgIpc) is 2.37. The van der Waals surface area contributed by atoms with Crippen molar-refractivity contribution in [3.63, 3.8) is 0 Å². The summed E-state index contributed by atoms with van der Waals surface area (Å²) in [5, 5.41) is 7.17. The summed E-state index contributed by atoms with van der Waals surface area (Å²) >= 11 is 0. The fourth-order valence-electron chi connectivity index (χ4n) is 0.810. The molecule has 0 radical (unpaired) electrons. The van der Waals surface area contributed by atoms with E-state index in [0.717, 1.165) is 18.8 Å². The van der Waals surface area contributed by atoms with Gasteiger partial charge < -0.3 is 10.1 Å². The lowest BCUT2D eigenvalue weighted by atomic mass is 10.5. The normalized spacial score (nSPS) is 10.0. The van der Waals surface area contributed by atoms with E-state index in [9.17, 15) is 0 Å². The Kier molecular flexibility index (Phi) is 2.92. The number of nitrogens with one attached hydrogen (secondary N) is 1. The minimum Gasteiger partial charge on any atom is -0.383 e. The van der Waals surface area contributed by atoms with Crippen LogP contribution < -0.4 is 5.32 Å². The minimum absolute atomic E-state index is 0.717. The second kappa shape index (κ2) is 3.98. The number of hydrogen-bond donors (Lipinski definition) is 1. The van der Waals surface area contributed by atoms with Crippen LogP contribution in [0, 0.1) is 0 Å². The highest BCUT2D eigenvalue weighted by molar-refractivity contribution is 5.37. The molecule has 4 heteroatoms. The van der Waals surface area contributed by atoms with Gasteiger partial charge in [-0.05, 0) is 0 Å². The fourth-order valence-corrected chi connectivity index (χ4v) is 0.810. The van der Waals surface area contributed by atoms with Crippen LogP contribution >= 0.6 is 0 Å². The molecule has 0 aliphatic rings. The molecule has 1 rings (SSSR count). The van der Waals surface area contributed by atoms with Gasteiger partial charge in [0.15, 0.2) is 0 Å². The largest absolute Gasteiger partial charge is 0.383 e. The van der Waals surface area contributed by atoms with Crippen molar-refractivity contribution in [3.05, 3.63) is 12.4 Å². The van der Waals surface area contributed by atoms with Crippen molar-refractivity contribution in [2.75, 3.05) is 25.6 Å². The van der Waals surface area contributed by atoms with Gasteiger partial charge in [-0.15, -0.1) is 0 Å². The van der Waals surface area contributed by atoms with Gasteiger partial charge in [0.2, 0.25) is 0 Å². The van der Waals surface area contributed by atoms with Gasteiger partial charge in [0, 0.05) is 26.9 Å². The molecule has 4 nitrogen and oxygen atoms in total. The Hall–Kier alpha value is -1.03. The summed E-state index contributed by atoms with van der Waals surface area (Å²) in [6.45, 7) is 1.54. The molecule has 0 saturated heterocycles. The molecule has 0 atom stereocenters. The summed E-state index contributed by atoms with van der Waals surface area (Å²) in [4.78, 5) is 0. The number of aromatic nitrogens is 2. The van der Waals surface area contributed by atoms with Crippen LogP contribution in [0.15, 0.2) is 12.4 Å². The second-order valence-electron chi connectivity index (χ2n) is 2.32. The topological polar surface area (TPSA) is 39.1 Å². The molecule has 0 aliphatic heterocycles. The van der Waals surface area contributed by atoms with Crippen LogP contribution in [0.3, 0.4) is 0 Å². The maximum atomic E-state index is 4.88. The first-order valence-corrected chi connectivity index (χ1v) is 3.54. The molecule has 1 aromatic heterocycles. The molecule has 0 fully saturated rings. The summed E-state index contributed by atoms with van der Waals surface area (Å²) in [6.07, 6.45) is 3.71.